The molecule has 0 saturated carbocycles. The van der Waals surface area contributed by atoms with E-state index in [1.165, 1.54) is 16.8 Å². The largest absolute Gasteiger partial charge is 0.381 e. The molecular formula is C23H39IN4O2. The van der Waals surface area contributed by atoms with E-state index < -0.39 is 0 Å². The molecule has 0 bridgehead atoms. The van der Waals surface area contributed by atoms with Gasteiger partial charge in [-0.2, -0.15) is 0 Å². The maximum Gasteiger partial charge on any atom is 0.193 e. The minimum Gasteiger partial charge on any atom is -0.381 e. The Morgan fingerprint density at radius 1 is 1.17 bits per heavy atom. The number of benzene rings is 1. The average Bonchev–Trinajstić information content (AvgIpc) is 2.76. The molecule has 1 aromatic rings. The minimum atomic E-state index is 0. The van der Waals surface area contributed by atoms with Gasteiger partial charge < -0.3 is 24.6 Å². The van der Waals surface area contributed by atoms with Gasteiger partial charge in [0.2, 0.25) is 0 Å². The van der Waals surface area contributed by atoms with Gasteiger partial charge in [0, 0.05) is 71.9 Å². The maximum absolute atomic E-state index is 5.86. The molecule has 0 amide bonds. The maximum atomic E-state index is 5.86. The summed E-state index contributed by atoms with van der Waals surface area (Å²) in [6.07, 6.45) is 3.28. The molecule has 3 rings (SSSR count). The van der Waals surface area contributed by atoms with Crippen LogP contribution in [0.25, 0.3) is 0 Å². The van der Waals surface area contributed by atoms with Crippen LogP contribution >= 0.6 is 24.0 Å². The van der Waals surface area contributed by atoms with E-state index in [4.69, 9.17) is 9.47 Å². The molecule has 0 spiro atoms. The summed E-state index contributed by atoms with van der Waals surface area (Å²) >= 11 is 0. The normalized spacial score (nSPS) is 18.3. The molecule has 0 aromatic heterocycles. The van der Waals surface area contributed by atoms with Crippen LogP contribution in [0.1, 0.15) is 30.4 Å². The highest BCUT2D eigenvalue weighted by Gasteiger charge is 2.21. The summed E-state index contributed by atoms with van der Waals surface area (Å²) in [5, 5.41) is 3.51. The Morgan fingerprint density at radius 2 is 1.90 bits per heavy atom. The Labute approximate surface area is 199 Å². The number of guanidine groups is 1. The van der Waals surface area contributed by atoms with Crippen molar-refractivity contribution in [3.8, 4) is 0 Å². The molecule has 2 fully saturated rings. The summed E-state index contributed by atoms with van der Waals surface area (Å²) in [7, 11) is 1.88. The van der Waals surface area contributed by atoms with Crippen molar-refractivity contribution in [2.24, 2.45) is 10.9 Å². The van der Waals surface area contributed by atoms with E-state index in [9.17, 15) is 0 Å². The fraction of sp³-hybridized carbons (Fsp3) is 0.696. The first-order chi connectivity index (χ1) is 14.2. The molecule has 2 saturated heterocycles. The molecule has 30 heavy (non-hydrogen) atoms. The van der Waals surface area contributed by atoms with Gasteiger partial charge in [0.15, 0.2) is 5.96 Å². The Morgan fingerprint density at radius 3 is 2.60 bits per heavy atom. The first kappa shape index (κ1) is 25.2. The van der Waals surface area contributed by atoms with Crippen LogP contribution in [0.15, 0.2) is 23.2 Å². The van der Waals surface area contributed by atoms with Gasteiger partial charge >= 0.3 is 0 Å². The van der Waals surface area contributed by atoms with Crippen molar-refractivity contribution in [2.75, 3.05) is 71.1 Å². The van der Waals surface area contributed by atoms with Crippen LogP contribution in [-0.2, 0) is 9.47 Å². The predicted molar refractivity (Wildman–Crippen MR) is 135 cm³/mol. The van der Waals surface area contributed by atoms with Crippen LogP contribution in [-0.4, -0.2) is 77.1 Å². The summed E-state index contributed by atoms with van der Waals surface area (Å²) in [6.45, 7) is 12.8. The van der Waals surface area contributed by atoms with Crippen molar-refractivity contribution in [2.45, 2.75) is 33.1 Å². The SMILES string of the molecule is CN=C(NCCCOCC1CCOCC1)N1CCN(c2cccc(C)c2C)CC1.I. The lowest BCUT2D eigenvalue weighted by Gasteiger charge is -2.38. The first-order valence-electron chi connectivity index (χ1n) is 11.1. The summed E-state index contributed by atoms with van der Waals surface area (Å²) in [5.74, 6) is 1.69. The van der Waals surface area contributed by atoms with Crippen LogP contribution in [0.3, 0.4) is 0 Å². The fourth-order valence-corrected chi connectivity index (χ4v) is 4.11. The Hall–Kier alpha value is -1.06. The summed E-state index contributed by atoms with van der Waals surface area (Å²) in [5.41, 5.74) is 4.12. The molecule has 0 aliphatic carbocycles. The molecule has 7 heteroatoms. The number of halogens is 1. The van der Waals surface area contributed by atoms with Gasteiger partial charge in [-0.15, -0.1) is 24.0 Å². The second kappa shape index (κ2) is 13.4. The van der Waals surface area contributed by atoms with Gasteiger partial charge in [0.1, 0.15) is 0 Å². The zero-order valence-corrected chi connectivity index (χ0v) is 21.2. The van der Waals surface area contributed by atoms with Gasteiger partial charge in [0.25, 0.3) is 0 Å². The number of aryl methyl sites for hydroxylation is 1. The smallest absolute Gasteiger partial charge is 0.193 e. The molecular weight excluding hydrogens is 491 g/mol. The van der Waals surface area contributed by atoms with E-state index >= 15 is 0 Å². The quantitative estimate of drug-likeness (QED) is 0.253. The zero-order chi connectivity index (χ0) is 20.5. The number of piperazine rings is 1. The van der Waals surface area contributed by atoms with Gasteiger partial charge in [-0.05, 0) is 56.2 Å². The van der Waals surface area contributed by atoms with Crippen LogP contribution in [0, 0.1) is 19.8 Å². The highest BCUT2D eigenvalue weighted by atomic mass is 127. The molecule has 6 nitrogen and oxygen atoms in total. The molecule has 170 valence electrons. The molecule has 2 heterocycles. The molecule has 0 atom stereocenters. The van der Waals surface area contributed by atoms with E-state index in [-0.39, 0.29) is 24.0 Å². The van der Waals surface area contributed by atoms with Gasteiger partial charge in [-0.1, -0.05) is 12.1 Å². The lowest BCUT2D eigenvalue weighted by atomic mass is 10.0. The van der Waals surface area contributed by atoms with E-state index in [0.29, 0.717) is 5.92 Å². The van der Waals surface area contributed by atoms with Gasteiger partial charge in [-0.3, -0.25) is 4.99 Å². The molecule has 2 aliphatic rings. The third kappa shape index (κ3) is 7.27. The van der Waals surface area contributed by atoms with E-state index in [0.717, 1.165) is 84.4 Å². The number of hydrogen-bond donors (Lipinski definition) is 1. The highest BCUT2D eigenvalue weighted by Crippen LogP contribution is 2.23. The molecule has 1 aromatic carbocycles. The lowest BCUT2D eigenvalue weighted by Crippen LogP contribution is -2.52. The third-order valence-corrected chi connectivity index (χ3v) is 6.15. The number of anilines is 1. The van der Waals surface area contributed by atoms with Crippen LogP contribution < -0.4 is 10.2 Å². The monoisotopic (exact) mass is 530 g/mol. The number of nitrogens with zero attached hydrogens (tertiary/aromatic N) is 3. The number of rotatable bonds is 7. The van der Waals surface area contributed by atoms with E-state index in [1.807, 2.05) is 7.05 Å². The minimum absolute atomic E-state index is 0. The van der Waals surface area contributed by atoms with Crippen molar-refractivity contribution in [3.05, 3.63) is 29.3 Å². The Bertz CT molecular complexity index is 657. The predicted octanol–water partition coefficient (Wildman–Crippen LogP) is 3.45. The second-order valence-electron chi connectivity index (χ2n) is 8.15. The van der Waals surface area contributed by atoms with E-state index in [2.05, 4.69) is 52.2 Å². The first-order valence-corrected chi connectivity index (χ1v) is 11.1. The zero-order valence-electron chi connectivity index (χ0n) is 18.9. The Balaban J connectivity index is 0.00000320. The Kier molecular flexibility index (Phi) is 11.2. The van der Waals surface area contributed by atoms with Crippen LogP contribution in [0.2, 0.25) is 0 Å². The van der Waals surface area contributed by atoms with Crippen LogP contribution in [0.4, 0.5) is 5.69 Å². The number of ether oxygens (including phenoxy) is 2. The summed E-state index contributed by atoms with van der Waals surface area (Å²) < 4.78 is 11.3. The van der Waals surface area contributed by atoms with Crippen molar-refractivity contribution in [3.63, 3.8) is 0 Å². The fourth-order valence-electron chi connectivity index (χ4n) is 4.11. The third-order valence-electron chi connectivity index (χ3n) is 6.15. The summed E-state index contributed by atoms with van der Waals surface area (Å²) in [4.78, 5) is 9.35. The van der Waals surface area contributed by atoms with Crippen molar-refractivity contribution < 1.29 is 9.47 Å². The average molecular weight is 530 g/mol. The molecule has 0 unspecified atom stereocenters. The highest BCUT2D eigenvalue weighted by molar-refractivity contribution is 14.0. The molecule has 1 N–H and O–H groups in total. The second-order valence-corrected chi connectivity index (χ2v) is 8.15. The van der Waals surface area contributed by atoms with Gasteiger partial charge in [-0.25, -0.2) is 0 Å². The topological polar surface area (TPSA) is 49.3 Å². The van der Waals surface area contributed by atoms with Crippen LogP contribution in [0.5, 0.6) is 0 Å². The lowest BCUT2D eigenvalue weighted by molar-refractivity contribution is 0.0203. The molecule has 2 aliphatic heterocycles. The van der Waals surface area contributed by atoms with Gasteiger partial charge in [0.05, 0.1) is 0 Å². The summed E-state index contributed by atoms with van der Waals surface area (Å²) in [6, 6.07) is 6.59. The number of hydrogen-bond acceptors (Lipinski definition) is 4. The van der Waals surface area contributed by atoms with Crippen molar-refractivity contribution >= 4 is 35.6 Å². The van der Waals surface area contributed by atoms with Crippen molar-refractivity contribution in [1.82, 2.24) is 10.2 Å². The number of nitrogens with one attached hydrogen (secondary N) is 1. The molecule has 0 radical (unpaired) electrons. The number of aliphatic imine (C=N–C) groups is 1. The van der Waals surface area contributed by atoms with E-state index in [1.54, 1.807) is 0 Å². The van der Waals surface area contributed by atoms with Crippen molar-refractivity contribution in [1.29, 1.82) is 0 Å². The standard InChI is InChI=1S/C23H38N4O2.HI/c1-19-6-4-7-22(20(19)2)26-11-13-27(14-12-26)23(24-3)25-10-5-15-29-18-21-8-16-28-17-9-21;/h4,6-7,21H,5,8-18H2,1-3H3,(H,24,25);1H.